The van der Waals surface area contributed by atoms with Crippen LogP contribution in [-0.4, -0.2) is 50.8 Å². The van der Waals surface area contributed by atoms with Gasteiger partial charge in [-0.3, -0.25) is 4.79 Å². The van der Waals surface area contributed by atoms with Gasteiger partial charge in [-0.25, -0.2) is 8.42 Å². The molecule has 16 heavy (non-hydrogen) atoms. The van der Waals surface area contributed by atoms with Gasteiger partial charge in [-0.05, 0) is 13.3 Å². The van der Waals surface area contributed by atoms with E-state index in [0.29, 0.717) is 26.2 Å². The van der Waals surface area contributed by atoms with E-state index in [1.807, 2.05) is 6.92 Å². The first kappa shape index (κ1) is 13.7. The zero-order chi connectivity index (χ0) is 12.2. The van der Waals surface area contributed by atoms with Crippen LogP contribution in [0.4, 0.5) is 0 Å². The molecule has 1 atom stereocenters. The summed E-state index contributed by atoms with van der Waals surface area (Å²) in [5.41, 5.74) is 0. The molecule has 0 aromatic carbocycles. The van der Waals surface area contributed by atoms with Crippen molar-refractivity contribution >= 4 is 25.6 Å². The predicted octanol–water partition coefficient (Wildman–Crippen LogP) is 0.583. The Morgan fingerprint density at radius 2 is 2.25 bits per heavy atom. The summed E-state index contributed by atoms with van der Waals surface area (Å²) in [4.78, 5) is 13.0. The van der Waals surface area contributed by atoms with Crippen LogP contribution in [0.3, 0.4) is 0 Å². The molecule has 0 aromatic rings. The van der Waals surface area contributed by atoms with E-state index in [4.69, 9.17) is 15.4 Å². The Bertz CT molecular complexity index is 343. The van der Waals surface area contributed by atoms with Crippen molar-refractivity contribution < 1.29 is 17.9 Å². The molecule has 94 valence electrons. The highest BCUT2D eigenvalue weighted by molar-refractivity contribution is 8.14. The van der Waals surface area contributed by atoms with Crippen LogP contribution in [0.15, 0.2) is 0 Å². The molecule has 0 saturated carbocycles. The van der Waals surface area contributed by atoms with Crippen molar-refractivity contribution in [2.75, 3.05) is 26.3 Å². The Hall–Kier alpha value is -0.330. The number of halogens is 1. The van der Waals surface area contributed by atoms with Crippen molar-refractivity contribution in [3.63, 3.8) is 0 Å². The zero-order valence-electron chi connectivity index (χ0n) is 9.19. The Kier molecular flexibility index (Phi) is 5.01. The molecule has 1 aliphatic heterocycles. The van der Waals surface area contributed by atoms with E-state index in [1.165, 1.54) is 4.90 Å². The van der Waals surface area contributed by atoms with E-state index in [-0.39, 0.29) is 18.9 Å². The first-order valence-corrected chi connectivity index (χ1v) is 7.61. The van der Waals surface area contributed by atoms with Gasteiger partial charge in [0.05, 0.1) is 0 Å². The summed E-state index contributed by atoms with van der Waals surface area (Å²) in [7, 11) is 1.60. The standard InChI is InChI=1S/C9H16ClNO4S/c1-2-15-5-3-4-11-7-8(6-9(11)12)16(10,13)14/h8H,2-7H2,1H3. The van der Waals surface area contributed by atoms with Gasteiger partial charge in [-0.15, -0.1) is 0 Å². The molecule has 1 rings (SSSR count). The fourth-order valence-electron chi connectivity index (χ4n) is 1.64. The van der Waals surface area contributed by atoms with Crippen LogP contribution in [0, 0.1) is 0 Å². The number of carbonyl (C=O) groups excluding carboxylic acids is 1. The highest BCUT2D eigenvalue weighted by Gasteiger charge is 2.36. The predicted molar refractivity (Wildman–Crippen MR) is 60.9 cm³/mol. The molecule has 1 saturated heterocycles. The quantitative estimate of drug-likeness (QED) is 0.523. The minimum atomic E-state index is -3.63. The second kappa shape index (κ2) is 5.84. The second-order valence-corrected chi connectivity index (χ2v) is 6.60. The van der Waals surface area contributed by atoms with E-state index in [0.717, 1.165) is 0 Å². The van der Waals surface area contributed by atoms with E-state index >= 15 is 0 Å². The fraction of sp³-hybridized carbons (Fsp3) is 0.889. The number of nitrogens with zero attached hydrogens (tertiary/aromatic N) is 1. The average Bonchev–Trinajstić information content (AvgIpc) is 2.55. The molecule has 0 bridgehead atoms. The minimum Gasteiger partial charge on any atom is -0.382 e. The normalized spacial score (nSPS) is 21.8. The Balaban J connectivity index is 2.37. The Morgan fingerprint density at radius 1 is 1.56 bits per heavy atom. The van der Waals surface area contributed by atoms with Gasteiger partial charge in [0.15, 0.2) is 0 Å². The van der Waals surface area contributed by atoms with Crippen molar-refractivity contribution in [1.29, 1.82) is 0 Å². The van der Waals surface area contributed by atoms with Crippen molar-refractivity contribution in [3.05, 3.63) is 0 Å². The number of rotatable bonds is 6. The number of ether oxygens (including phenoxy) is 1. The zero-order valence-corrected chi connectivity index (χ0v) is 10.8. The molecule has 1 unspecified atom stereocenters. The molecule has 0 radical (unpaired) electrons. The van der Waals surface area contributed by atoms with Crippen LogP contribution in [0.1, 0.15) is 19.8 Å². The first-order valence-electron chi connectivity index (χ1n) is 5.24. The Labute approximate surface area is 100 Å². The van der Waals surface area contributed by atoms with Crippen LogP contribution >= 0.6 is 10.7 Å². The summed E-state index contributed by atoms with van der Waals surface area (Å²) in [5, 5.41) is -0.756. The molecular formula is C9H16ClNO4S. The summed E-state index contributed by atoms with van der Waals surface area (Å²) in [5.74, 6) is -0.147. The lowest BCUT2D eigenvalue weighted by Crippen LogP contribution is -2.28. The van der Waals surface area contributed by atoms with E-state index in [2.05, 4.69) is 0 Å². The number of hydrogen-bond donors (Lipinski definition) is 0. The van der Waals surface area contributed by atoms with Gasteiger partial charge in [0.25, 0.3) is 0 Å². The molecule has 1 heterocycles. The number of amides is 1. The third-order valence-corrected chi connectivity index (χ3v) is 4.37. The van der Waals surface area contributed by atoms with Gasteiger partial charge in [0, 0.05) is 43.4 Å². The smallest absolute Gasteiger partial charge is 0.237 e. The molecule has 0 aromatic heterocycles. The van der Waals surface area contributed by atoms with E-state index < -0.39 is 14.3 Å². The van der Waals surface area contributed by atoms with Crippen LogP contribution in [0.25, 0.3) is 0 Å². The third kappa shape index (κ3) is 3.92. The number of likely N-dealkylation sites (tertiary alicyclic amines) is 1. The lowest BCUT2D eigenvalue weighted by Gasteiger charge is -2.15. The topological polar surface area (TPSA) is 63.7 Å². The largest absolute Gasteiger partial charge is 0.382 e. The van der Waals surface area contributed by atoms with Gasteiger partial charge < -0.3 is 9.64 Å². The molecule has 5 nitrogen and oxygen atoms in total. The summed E-state index contributed by atoms with van der Waals surface area (Å²) in [6, 6.07) is 0. The summed E-state index contributed by atoms with van der Waals surface area (Å²) in [6.07, 6.45) is 0.717. The maximum Gasteiger partial charge on any atom is 0.237 e. The SMILES string of the molecule is CCOCCCN1CC(S(=O)(=O)Cl)CC1=O. The molecule has 0 N–H and O–H groups in total. The fourth-order valence-corrected chi connectivity index (χ4v) is 2.70. The highest BCUT2D eigenvalue weighted by atomic mass is 35.7. The summed E-state index contributed by atoms with van der Waals surface area (Å²) < 4.78 is 27.3. The molecule has 1 amide bonds. The number of carbonyl (C=O) groups is 1. The summed E-state index contributed by atoms with van der Waals surface area (Å²) >= 11 is 0. The van der Waals surface area contributed by atoms with Gasteiger partial charge in [0.2, 0.25) is 15.0 Å². The lowest BCUT2D eigenvalue weighted by molar-refractivity contribution is -0.127. The molecule has 7 heteroatoms. The molecule has 1 fully saturated rings. The van der Waals surface area contributed by atoms with Gasteiger partial charge in [0.1, 0.15) is 5.25 Å². The third-order valence-electron chi connectivity index (χ3n) is 2.50. The van der Waals surface area contributed by atoms with Gasteiger partial charge >= 0.3 is 0 Å². The molecule has 0 spiro atoms. The molecule has 0 aliphatic carbocycles. The first-order chi connectivity index (χ1) is 7.45. The van der Waals surface area contributed by atoms with E-state index in [1.54, 1.807) is 0 Å². The Morgan fingerprint density at radius 3 is 2.75 bits per heavy atom. The summed E-state index contributed by atoms with van der Waals surface area (Å²) in [6.45, 7) is 3.86. The van der Waals surface area contributed by atoms with Crippen LogP contribution in [0.2, 0.25) is 0 Å². The monoisotopic (exact) mass is 269 g/mol. The number of hydrogen-bond acceptors (Lipinski definition) is 4. The van der Waals surface area contributed by atoms with E-state index in [9.17, 15) is 13.2 Å². The average molecular weight is 270 g/mol. The van der Waals surface area contributed by atoms with Crippen LogP contribution in [-0.2, 0) is 18.6 Å². The minimum absolute atomic E-state index is 0.000465. The van der Waals surface area contributed by atoms with Crippen molar-refractivity contribution in [2.24, 2.45) is 0 Å². The lowest BCUT2D eigenvalue weighted by atomic mass is 10.4. The molecular weight excluding hydrogens is 254 g/mol. The maximum absolute atomic E-state index is 11.5. The van der Waals surface area contributed by atoms with Crippen molar-refractivity contribution in [2.45, 2.75) is 25.0 Å². The second-order valence-electron chi connectivity index (χ2n) is 3.69. The van der Waals surface area contributed by atoms with Crippen LogP contribution in [0.5, 0.6) is 0 Å². The van der Waals surface area contributed by atoms with Crippen LogP contribution < -0.4 is 0 Å². The van der Waals surface area contributed by atoms with Crippen molar-refractivity contribution in [3.8, 4) is 0 Å². The molecule has 1 aliphatic rings. The van der Waals surface area contributed by atoms with Gasteiger partial charge in [-0.2, -0.15) is 0 Å². The van der Waals surface area contributed by atoms with Gasteiger partial charge in [-0.1, -0.05) is 0 Å². The highest BCUT2D eigenvalue weighted by Crippen LogP contribution is 2.21. The maximum atomic E-state index is 11.5. The van der Waals surface area contributed by atoms with Crippen molar-refractivity contribution in [1.82, 2.24) is 4.90 Å².